The number of hydrogen-bond donors (Lipinski definition) is 0. The van der Waals surface area contributed by atoms with E-state index in [2.05, 4.69) is 5.18 Å². The molecular formula is C16H14ClNO4. The molecule has 0 atom stereocenters. The van der Waals surface area contributed by atoms with E-state index in [-0.39, 0.29) is 17.0 Å². The zero-order valence-corrected chi connectivity index (χ0v) is 12.9. The van der Waals surface area contributed by atoms with Gasteiger partial charge in [-0.1, -0.05) is 17.7 Å². The molecule has 0 heterocycles. The van der Waals surface area contributed by atoms with E-state index in [1.165, 1.54) is 7.11 Å². The van der Waals surface area contributed by atoms with Gasteiger partial charge in [-0.15, -0.1) is 4.91 Å². The molecule has 0 aliphatic rings. The monoisotopic (exact) mass is 319 g/mol. The molecule has 0 aliphatic carbocycles. The summed E-state index contributed by atoms with van der Waals surface area (Å²) >= 11 is 6.17. The van der Waals surface area contributed by atoms with Crippen molar-refractivity contribution in [2.45, 2.75) is 6.92 Å². The maximum Gasteiger partial charge on any atom is 0.160 e. The first-order valence-electron chi connectivity index (χ1n) is 6.57. The number of nitrogens with zero attached hydrogens (tertiary/aromatic N) is 1. The normalized spacial score (nSPS) is 10.1. The fraction of sp³-hybridized carbons (Fsp3) is 0.188. The van der Waals surface area contributed by atoms with Gasteiger partial charge < -0.3 is 9.47 Å². The third kappa shape index (κ3) is 3.09. The maximum atomic E-state index is 11.1. The van der Waals surface area contributed by atoms with E-state index >= 15 is 0 Å². The van der Waals surface area contributed by atoms with Crippen molar-refractivity contribution in [2.24, 2.45) is 5.18 Å². The third-order valence-electron chi connectivity index (χ3n) is 3.11. The Kier molecular flexibility index (Phi) is 5.12. The van der Waals surface area contributed by atoms with E-state index < -0.39 is 0 Å². The molecule has 0 saturated heterocycles. The number of nitroso groups, excluding NO2 is 1. The van der Waals surface area contributed by atoms with Crippen LogP contribution in [0.25, 0.3) is 11.1 Å². The molecule has 22 heavy (non-hydrogen) atoms. The molecule has 0 radical (unpaired) electrons. The molecule has 0 fully saturated rings. The van der Waals surface area contributed by atoms with Crippen LogP contribution >= 0.6 is 11.6 Å². The summed E-state index contributed by atoms with van der Waals surface area (Å²) in [4.78, 5) is 22.0. The smallest absolute Gasteiger partial charge is 0.160 e. The minimum atomic E-state index is -0.0155. The van der Waals surface area contributed by atoms with E-state index in [9.17, 15) is 9.70 Å². The first-order valence-corrected chi connectivity index (χ1v) is 6.95. The lowest BCUT2D eigenvalue weighted by atomic mass is 10.0. The Balaban J connectivity index is 2.55. The molecule has 0 bridgehead atoms. The van der Waals surface area contributed by atoms with Gasteiger partial charge in [-0.25, -0.2) is 0 Å². The fourth-order valence-corrected chi connectivity index (χ4v) is 2.33. The van der Waals surface area contributed by atoms with Crippen LogP contribution in [-0.4, -0.2) is 20.0 Å². The van der Waals surface area contributed by atoms with Gasteiger partial charge in [0, 0.05) is 5.56 Å². The van der Waals surface area contributed by atoms with Crippen LogP contribution in [0.5, 0.6) is 11.5 Å². The van der Waals surface area contributed by atoms with Crippen LogP contribution in [0.2, 0.25) is 5.02 Å². The number of halogens is 1. The van der Waals surface area contributed by atoms with Crippen LogP contribution in [0.4, 0.5) is 5.69 Å². The van der Waals surface area contributed by atoms with Crippen molar-refractivity contribution in [2.75, 3.05) is 13.7 Å². The topological polar surface area (TPSA) is 65.0 Å². The summed E-state index contributed by atoms with van der Waals surface area (Å²) < 4.78 is 10.5. The van der Waals surface area contributed by atoms with Gasteiger partial charge in [0.15, 0.2) is 12.0 Å². The lowest BCUT2D eigenvalue weighted by Gasteiger charge is -2.11. The number of ether oxygens (including phenoxy) is 2. The number of carbonyl (C=O) groups excluding carboxylic acids is 1. The molecule has 2 aromatic rings. The molecule has 2 rings (SSSR count). The molecule has 114 valence electrons. The van der Waals surface area contributed by atoms with E-state index in [0.717, 1.165) is 5.56 Å². The van der Waals surface area contributed by atoms with Crippen molar-refractivity contribution < 1.29 is 14.3 Å². The molecule has 5 nitrogen and oxygen atoms in total. The lowest BCUT2D eigenvalue weighted by Crippen LogP contribution is -1.93. The number of rotatable bonds is 6. The Labute approximate surface area is 132 Å². The van der Waals surface area contributed by atoms with Crippen molar-refractivity contribution in [1.29, 1.82) is 0 Å². The molecule has 0 spiro atoms. The highest BCUT2D eigenvalue weighted by Gasteiger charge is 2.14. The van der Waals surface area contributed by atoms with E-state index in [1.807, 2.05) is 13.0 Å². The quantitative estimate of drug-likeness (QED) is 0.575. The van der Waals surface area contributed by atoms with Crippen LogP contribution in [0.15, 0.2) is 35.5 Å². The van der Waals surface area contributed by atoms with Crippen molar-refractivity contribution >= 4 is 23.6 Å². The molecule has 0 saturated carbocycles. The van der Waals surface area contributed by atoms with E-state index in [0.29, 0.717) is 29.2 Å². The van der Waals surface area contributed by atoms with E-state index in [1.54, 1.807) is 24.3 Å². The molecule has 0 unspecified atom stereocenters. The van der Waals surface area contributed by atoms with Gasteiger partial charge in [-0.3, -0.25) is 4.79 Å². The highest BCUT2D eigenvalue weighted by atomic mass is 35.5. The minimum absolute atomic E-state index is 0.0155. The van der Waals surface area contributed by atoms with Gasteiger partial charge in [0.1, 0.15) is 11.5 Å². The van der Waals surface area contributed by atoms with Crippen molar-refractivity contribution in [3.05, 3.63) is 45.8 Å². The average molecular weight is 320 g/mol. The summed E-state index contributed by atoms with van der Waals surface area (Å²) in [6, 6.07) is 8.49. The van der Waals surface area contributed by atoms with Crippen LogP contribution < -0.4 is 9.47 Å². The summed E-state index contributed by atoms with van der Waals surface area (Å²) in [7, 11) is 1.41. The zero-order valence-electron chi connectivity index (χ0n) is 12.1. The van der Waals surface area contributed by atoms with Crippen LogP contribution in [0.1, 0.15) is 17.3 Å². The first kappa shape index (κ1) is 16.0. The number of methoxy groups -OCH3 is 1. The van der Waals surface area contributed by atoms with E-state index in [4.69, 9.17) is 21.1 Å². The molecule has 0 aliphatic heterocycles. The molecule has 0 N–H and O–H groups in total. The van der Waals surface area contributed by atoms with Crippen molar-refractivity contribution in [1.82, 2.24) is 0 Å². The molecule has 6 heteroatoms. The predicted molar refractivity (Wildman–Crippen MR) is 85.5 cm³/mol. The number of aldehydes is 1. The van der Waals surface area contributed by atoms with Gasteiger partial charge >= 0.3 is 0 Å². The van der Waals surface area contributed by atoms with Crippen LogP contribution in [0, 0.1) is 4.91 Å². The highest BCUT2D eigenvalue weighted by molar-refractivity contribution is 6.32. The second-order valence-electron chi connectivity index (χ2n) is 4.40. The van der Waals surface area contributed by atoms with Crippen LogP contribution in [0.3, 0.4) is 0 Å². The number of benzene rings is 2. The number of hydrogen-bond acceptors (Lipinski definition) is 5. The highest BCUT2D eigenvalue weighted by Crippen LogP contribution is 2.37. The average Bonchev–Trinajstić information content (AvgIpc) is 2.55. The fourth-order valence-electron chi connectivity index (χ4n) is 2.09. The van der Waals surface area contributed by atoms with Gasteiger partial charge in [-0.05, 0) is 47.5 Å². The first-order chi connectivity index (χ1) is 10.6. The Hall–Kier alpha value is -2.40. The third-order valence-corrected chi connectivity index (χ3v) is 3.40. The van der Waals surface area contributed by atoms with Crippen molar-refractivity contribution in [3.63, 3.8) is 0 Å². The Morgan fingerprint density at radius 3 is 2.50 bits per heavy atom. The Bertz CT molecular complexity index is 716. The molecule has 2 aromatic carbocycles. The summed E-state index contributed by atoms with van der Waals surface area (Å²) in [5.74, 6) is 0.821. The van der Waals surface area contributed by atoms with Gasteiger partial charge in [0.05, 0.1) is 18.7 Å². The largest absolute Gasteiger partial charge is 0.494 e. The molecule has 0 amide bonds. The van der Waals surface area contributed by atoms with Crippen LogP contribution in [-0.2, 0) is 0 Å². The second-order valence-corrected chi connectivity index (χ2v) is 4.81. The summed E-state index contributed by atoms with van der Waals surface area (Å²) in [5.41, 5.74) is 1.61. The van der Waals surface area contributed by atoms with Gasteiger partial charge in [0.2, 0.25) is 0 Å². The standard InChI is InChI=1S/C16H14ClNO4/c1-3-22-14-5-4-10(7-13(14)17)11-6-12(9-19)16(18-20)15(8-11)21-2/h4-9H,3H2,1-2H3. The minimum Gasteiger partial charge on any atom is -0.494 e. The Morgan fingerprint density at radius 2 is 1.95 bits per heavy atom. The summed E-state index contributed by atoms with van der Waals surface area (Å²) in [6.45, 7) is 2.39. The van der Waals surface area contributed by atoms with Gasteiger partial charge in [-0.2, -0.15) is 0 Å². The number of carbonyl (C=O) groups is 1. The summed E-state index contributed by atoms with van der Waals surface area (Å²) in [6.07, 6.45) is 0.568. The summed E-state index contributed by atoms with van der Waals surface area (Å²) in [5, 5.41) is 3.31. The zero-order chi connectivity index (χ0) is 16.1. The lowest BCUT2D eigenvalue weighted by molar-refractivity contribution is 0.112. The molecule has 0 aromatic heterocycles. The Morgan fingerprint density at radius 1 is 1.18 bits per heavy atom. The van der Waals surface area contributed by atoms with Crippen molar-refractivity contribution in [3.8, 4) is 22.6 Å². The second kappa shape index (κ2) is 7.04. The molecular weight excluding hydrogens is 306 g/mol. The van der Waals surface area contributed by atoms with Gasteiger partial charge in [0.25, 0.3) is 0 Å². The maximum absolute atomic E-state index is 11.1. The predicted octanol–water partition coefficient (Wildman–Crippen LogP) is 4.62. The SMILES string of the molecule is CCOc1ccc(-c2cc(C=O)c(N=O)c(OC)c2)cc1Cl.